The molecule has 9 heteroatoms. The number of imidazole rings is 1. The Hall–Kier alpha value is -3.46. The van der Waals surface area contributed by atoms with Crippen molar-refractivity contribution in [2.75, 3.05) is 50.5 Å². The van der Waals surface area contributed by atoms with Gasteiger partial charge in [0, 0.05) is 58.8 Å². The van der Waals surface area contributed by atoms with Gasteiger partial charge in [-0.25, -0.2) is 9.97 Å². The monoisotopic (exact) mass is 465 g/mol. The average Bonchev–Trinajstić information content (AvgIpc) is 3.36. The van der Waals surface area contributed by atoms with Crippen LogP contribution in [0.25, 0.3) is 11.2 Å². The quantitative estimate of drug-likeness (QED) is 0.573. The number of benzene rings is 1. The molecule has 0 saturated carbocycles. The van der Waals surface area contributed by atoms with Crippen LogP contribution < -0.4 is 10.6 Å². The smallest absolute Gasteiger partial charge is 0.222 e. The summed E-state index contributed by atoms with van der Waals surface area (Å²) >= 11 is 0. The number of aromatic nitrogens is 3. The van der Waals surface area contributed by atoms with E-state index in [0.29, 0.717) is 31.2 Å². The lowest BCUT2D eigenvalue weighted by atomic mass is 10.1. The summed E-state index contributed by atoms with van der Waals surface area (Å²) in [5.74, 6) is 0.978. The first kappa shape index (κ1) is 23.7. The number of pyridine rings is 1. The number of hydrogen-bond donors (Lipinski definition) is 2. The van der Waals surface area contributed by atoms with Gasteiger partial charge in [-0.15, -0.1) is 0 Å². The molecule has 0 aliphatic carbocycles. The van der Waals surface area contributed by atoms with Crippen LogP contribution in [0.1, 0.15) is 25.9 Å². The van der Waals surface area contributed by atoms with Crippen molar-refractivity contribution in [3.05, 3.63) is 47.8 Å². The highest BCUT2D eigenvalue weighted by atomic mass is 16.5. The maximum Gasteiger partial charge on any atom is 0.222 e. The van der Waals surface area contributed by atoms with Gasteiger partial charge in [0.25, 0.3) is 0 Å². The molecule has 2 fully saturated rings. The number of rotatable bonds is 4. The molecule has 0 radical (unpaired) electrons. The molecule has 9 nitrogen and oxygen atoms in total. The fourth-order valence-electron chi connectivity index (χ4n) is 4.45. The van der Waals surface area contributed by atoms with Gasteiger partial charge in [-0.1, -0.05) is 29.8 Å². The molecule has 2 aromatic heterocycles. The SMILES string of the molecule is CC(=N)c1cccc(C)c1.CN1C[C@H](Cn2cnc3c(N4CCOCC4)cc(N)nc32)CC1=O.[HH]. The van der Waals surface area contributed by atoms with E-state index in [9.17, 15) is 4.79 Å². The average molecular weight is 466 g/mol. The van der Waals surface area contributed by atoms with Crippen LogP contribution in [0.4, 0.5) is 11.5 Å². The van der Waals surface area contributed by atoms with Crippen molar-refractivity contribution in [3.8, 4) is 0 Å². The van der Waals surface area contributed by atoms with Gasteiger partial charge in [-0.2, -0.15) is 0 Å². The standard InChI is InChI=1S/C16H22N6O2.C9H11N.H2/c1-20-8-11(6-14(20)23)9-22-10-18-15-12(7-13(17)19-16(15)22)21-2-4-24-5-3-21;1-7-4-3-5-9(6-7)8(2)10;/h7,10-11H,2-6,8-9H2,1H3,(H2,17,19);3-6,10H,1-2H3;1H/t11-;;/m1../s1. The summed E-state index contributed by atoms with van der Waals surface area (Å²) in [5, 5.41) is 7.33. The lowest BCUT2D eigenvalue weighted by molar-refractivity contribution is -0.126. The molecule has 1 amide bonds. The summed E-state index contributed by atoms with van der Waals surface area (Å²) in [6.07, 6.45) is 2.39. The minimum Gasteiger partial charge on any atom is -0.384 e. The molecule has 182 valence electrons. The Balaban J connectivity index is 0.000000264. The normalized spacial score (nSPS) is 18.2. The molecule has 1 atom stereocenters. The van der Waals surface area contributed by atoms with Crippen LogP contribution >= 0.6 is 0 Å². The van der Waals surface area contributed by atoms with E-state index in [4.69, 9.17) is 15.9 Å². The van der Waals surface area contributed by atoms with E-state index < -0.39 is 0 Å². The zero-order valence-corrected chi connectivity index (χ0v) is 20.1. The Labute approximate surface area is 201 Å². The van der Waals surface area contributed by atoms with Crippen LogP contribution in [0.15, 0.2) is 36.7 Å². The lowest BCUT2D eigenvalue weighted by Gasteiger charge is -2.29. The second kappa shape index (κ2) is 10.2. The number of nitrogens with two attached hydrogens (primary N) is 1. The first-order valence-corrected chi connectivity index (χ1v) is 11.6. The van der Waals surface area contributed by atoms with Crippen LogP contribution in [0.2, 0.25) is 0 Å². The number of amides is 1. The molecule has 0 spiro atoms. The first-order valence-electron chi connectivity index (χ1n) is 11.6. The van der Waals surface area contributed by atoms with Crippen LogP contribution in [0, 0.1) is 18.3 Å². The summed E-state index contributed by atoms with van der Waals surface area (Å²) in [6.45, 7) is 8.41. The molecular weight excluding hydrogens is 430 g/mol. The van der Waals surface area contributed by atoms with Crippen LogP contribution in [-0.2, 0) is 16.1 Å². The zero-order chi connectivity index (χ0) is 24.2. The van der Waals surface area contributed by atoms with Crippen molar-refractivity contribution in [2.45, 2.75) is 26.8 Å². The number of anilines is 2. The number of hydrogen-bond acceptors (Lipinski definition) is 7. The molecule has 4 heterocycles. The van der Waals surface area contributed by atoms with Gasteiger partial charge in [-0.3, -0.25) is 4.79 Å². The second-order valence-corrected chi connectivity index (χ2v) is 9.07. The highest BCUT2D eigenvalue weighted by molar-refractivity contribution is 5.96. The van der Waals surface area contributed by atoms with Crippen molar-refractivity contribution in [3.63, 3.8) is 0 Å². The van der Waals surface area contributed by atoms with Crippen molar-refractivity contribution >= 4 is 34.3 Å². The van der Waals surface area contributed by atoms with Crippen molar-refractivity contribution in [2.24, 2.45) is 5.92 Å². The summed E-state index contributed by atoms with van der Waals surface area (Å²) in [6, 6.07) is 9.87. The Morgan fingerprint density at radius 1 is 1.29 bits per heavy atom. The minimum atomic E-state index is 0. The van der Waals surface area contributed by atoms with Gasteiger partial charge >= 0.3 is 0 Å². The fourth-order valence-corrected chi connectivity index (χ4v) is 4.45. The number of morpholine rings is 1. The van der Waals surface area contributed by atoms with Crippen LogP contribution in [0.3, 0.4) is 0 Å². The number of carbonyl (C=O) groups excluding carboxylic acids is 1. The summed E-state index contributed by atoms with van der Waals surface area (Å²) in [5.41, 5.74) is 11.6. The van der Waals surface area contributed by atoms with Crippen LogP contribution in [0.5, 0.6) is 0 Å². The van der Waals surface area contributed by atoms with Gasteiger partial charge in [0.05, 0.1) is 25.2 Å². The number of aryl methyl sites for hydroxylation is 1. The number of carbonyl (C=O) groups is 1. The molecular formula is C25H35N7O2. The summed E-state index contributed by atoms with van der Waals surface area (Å²) in [4.78, 5) is 24.8. The van der Waals surface area contributed by atoms with Gasteiger partial charge in [-0.05, 0) is 19.4 Å². The molecule has 5 rings (SSSR count). The molecule has 1 aromatic carbocycles. The summed E-state index contributed by atoms with van der Waals surface area (Å²) < 4.78 is 7.45. The van der Waals surface area contributed by atoms with E-state index in [2.05, 4.69) is 14.9 Å². The highest BCUT2D eigenvalue weighted by Gasteiger charge is 2.28. The Morgan fingerprint density at radius 3 is 2.68 bits per heavy atom. The van der Waals surface area contributed by atoms with Crippen molar-refractivity contribution in [1.29, 1.82) is 5.41 Å². The molecule has 2 aliphatic heterocycles. The largest absolute Gasteiger partial charge is 0.384 e. The molecule has 34 heavy (non-hydrogen) atoms. The van der Waals surface area contributed by atoms with Gasteiger partial charge < -0.3 is 30.2 Å². The second-order valence-electron chi connectivity index (χ2n) is 9.07. The Bertz CT molecular complexity index is 1190. The van der Waals surface area contributed by atoms with E-state index in [0.717, 1.165) is 48.6 Å². The first-order chi connectivity index (χ1) is 16.3. The third-order valence-corrected chi connectivity index (χ3v) is 6.25. The Morgan fingerprint density at radius 2 is 2.06 bits per heavy atom. The number of nitrogens with zero attached hydrogens (tertiary/aromatic N) is 5. The zero-order valence-electron chi connectivity index (χ0n) is 20.1. The number of ether oxygens (including phenoxy) is 1. The van der Waals surface area contributed by atoms with E-state index in [1.54, 1.807) is 11.8 Å². The van der Waals surface area contributed by atoms with Crippen molar-refractivity contribution in [1.82, 2.24) is 19.4 Å². The molecule has 0 unspecified atom stereocenters. The van der Waals surface area contributed by atoms with Gasteiger partial charge in [0.2, 0.25) is 5.91 Å². The third-order valence-electron chi connectivity index (χ3n) is 6.25. The minimum absolute atomic E-state index is 0. The van der Waals surface area contributed by atoms with Gasteiger partial charge in [0.15, 0.2) is 5.65 Å². The fraction of sp³-hybridized carbons (Fsp3) is 0.440. The maximum atomic E-state index is 11.7. The number of nitrogen functional groups attached to an aromatic ring is 1. The highest BCUT2D eigenvalue weighted by Crippen LogP contribution is 2.28. The Kier molecular flexibility index (Phi) is 7.12. The number of fused-ring (bicyclic) bond motifs is 1. The molecule has 3 aromatic rings. The van der Waals surface area contributed by atoms with E-state index in [-0.39, 0.29) is 13.3 Å². The molecule has 2 saturated heterocycles. The molecule has 3 N–H and O–H groups in total. The summed E-state index contributed by atoms with van der Waals surface area (Å²) in [7, 11) is 1.85. The van der Waals surface area contributed by atoms with E-state index in [1.165, 1.54) is 5.56 Å². The maximum absolute atomic E-state index is 11.7. The van der Waals surface area contributed by atoms with E-state index in [1.807, 2.05) is 55.2 Å². The molecule has 2 aliphatic rings. The number of likely N-dealkylation sites (tertiary alicyclic amines) is 1. The van der Waals surface area contributed by atoms with E-state index >= 15 is 0 Å². The lowest BCUT2D eigenvalue weighted by Crippen LogP contribution is -2.36. The molecule has 0 bridgehead atoms. The van der Waals surface area contributed by atoms with Crippen molar-refractivity contribution < 1.29 is 11.0 Å². The number of nitrogens with one attached hydrogen (secondary N) is 1. The van der Waals surface area contributed by atoms with Gasteiger partial charge in [0.1, 0.15) is 11.3 Å². The third kappa shape index (κ3) is 5.36. The predicted octanol–water partition coefficient (Wildman–Crippen LogP) is 2.96. The predicted molar refractivity (Wildman–Crippen MR) is 137 cm³/mol. The topological polar surface area (TPSA) is 113 Å². The van der Waals surface area contributed by atoms with Crippen LogP contribution in [-0.4, -0.2) is 70.9 Å².